The SMILES string of the molecule is COc1cccc(NC(=O)CSc2nc3c(cnn3-c3cccc(C)c3)c(=O)[nH]2)c1. The lowest BCUT2D eigenvalue weighted by atomic mass is 10.2. The van der Waals surface area contributed by atoms with Gasteiger partial charge < -0.3 is 15.0 Å². The van der Waals surface area contributed by atoms with Gasteiger partial charge >= 0.3 is 0 Å². The van der Waals surface area contributed by atoms with Crippen LogP contribution in [0.3, 0.4) is 0 Å². The van der Waals surface area contributed by atoms with Crippen LogP contribution in [0.4, 0.5) is 5.69 Å². The summed E-state index contributed by atoms with van der Waals surface area (Å²) in [4.78, 5) is 32.0. The quantitative estimate of drug-likeness (QED) is 0.366. The lowest BCUT2D eigenvalue weighted by molar-refractivity contribution is -0.113. The number of fused-ring (bicyclic) bond motifs is 1. The van der Waals surface area contributed by atoms with E-state index in [0.29, 0.717) is 27.6 Å². The molecule has 0 bridgehead atoms. The lowest BCUT2D eigenvalue weighted by Crippen LogP contribution is -2.15. The van der Waals surface area contributed by atoms with Crippen molar-refractivity contribution in [2.45, 2.75) is 12.1 Å². The van der Waals surface area contributed by atoms with E-state index in [1.165, 1.54) is 6.20 Å². The second kappa shape index (κ2) is 8.42. The molecule has 4 rings (SSSR count). The molecule has 152 valence electrons. The number of nitrogens with zero attached hydrogens (tertiary/aromatic N) is 3. The topological polar surface area (TPSA) is 102 Å². The van der Waals surface area contributed by atoms with Gasteiger partial charge in [-0.1, -0.05) is 30.0 Å². The van der Waals surface area contributed by atoms with E-state index in [4.69, 9.17) is 4.74 Å². The van der Waals surface area contributed by atoms with Gasteiger partial charge in [-0.3, -0.25) is 9.59 Å². The number of aryl methyl sites for hydroxylation is 1. The molecule has 0 spiro atoms. The Bertz CT molecular complexity index is 1280. The molecule has 2 aromatic heterocycles. The van der Waals surface area contributed by atoms with Gasteiger partial charge in [-0.05, 0) is 36.8 Å². The fourth-order valence-corrected chi connectivity index (χ4v) is 3.60. The molecule has 0 saturated heterocycles. The van der Waals surface area contributed by atoms with Crippen LogP contribution in [0.25, 0.3) is 16.7 Å². The molecule has 0 aliphatic carbocycles. The number of ether oxygens (including phenoxy) is 1. The number of benzene rings is 2. The van der Waals surface area contributed by atoms with E-state index in [2.05, 4.69) is 20.4 Å². The number of aromatic nitrogens is 4. The normalized spacial score (nSPS) is 10.9. The third kappa shape index (κ3) is 4.20. The second-order valence-electron chi connectivity index (χ2n) is 6.57. The van der Waals surface area contributed by atoms with E-state index in [1.54, 1.807) is 36.1 Å². The number of carbonyl (C=O) groups is 1. The molecule has 2 aromatic carbocycles. The highest BCUT2D eigenvalue weighted by molar-refractivity contribution is 7.99. The summed E-state index contributed by atoms with van der Waals surface area (Å²) in [5.74, 6) is 0.522. The Labute approximate surface area is 176 Å². The molecular weight excluding hydrogens is 402 g/mol. The highest BCUT2D eigenvalue weighted by atomic mass is 32.2. The third-order valence-electron chi connectivity index (χ3n) is 4.36. The first-order valence-electron chi connectivity index (χ1n) is 9.15. The fourth-order valence-electron chi connectivity index (χ4n) is 2.95. The number of amides is 1. The van der Waals surface area contributed by atoms with Crippen molar-refractivity contribution >= 4 is 34.4 Å². The lowest BCUT2D eigenvalue weighted by Gasteiger charge is -2.07. The van der Waals surface area contributed by atoms with Gasteiger partial charge in [0, 0.05) is 11.8 Å². The van der Waals surface area contributed by atoms with Crippen LogP contribution in [-0.4, -0.2) is 38.5 Å². The zero-order valence-corrected chi connectivity index (χ0v) is 17.2. The van der Waals surface area contributed by atoms with Crippen molar-refractivity contribution in [3.05, 3.63) is 70.6 Å². The van der Waals surface area contributed by atoms with E-state index >= 15 is 0 Å². The van der Waals surface area contributed by atoms with E-state index in [9.17, 15) is 9.59 Å². The summed E-state index contributed by atoms with van der Waals surface area (Å²) in [5.41, 5.74) is 2.67. The maximum absolute atomic E-state index is 12.4. The van der Waals surface area contributed by atoms with Crippen molar-refractivity contribution in [1.82, 2.24) is 19.7 Å². The van der Waals surface area contributed by atoms with Crippen LogP contribution in [0.5, 0.6) is 5.75 Å². The van der Waals surface area contributed by atoms with Crippen LogP contribution < -0.4 is 15.6 Å². The van der Waals surface area contributed by atoms with Gasteiger partial charge in [-0.15, -0.1) is 0 Å². The molecule has 8 nitrogen and oxygen atoms in total. The molecule has 0 atom stereocenters. The number of H-pyrrole nitrogens is 1. The largest absolute Gasteiger partial charge is 0.497 e. The van der Waals surface area contributed by atoms with E-state index in [0.717, 1.165) is 23.0 Å². The van der Waals surface area contributed by atoms with Crippen molar-refractivity contribution in [2.75, 3.05) is 18.2 Å². The van der Waals surface area contributed by atoms with Crippen LogP contribution in [0, 0.1) is 6.92 Å². The van der Waals surface area contributed by atoms with E-state index < -0.39 is 0 Å². The molecule has 0 fully saturated rings. The van der Waals surface area contributed by atoms with Crippen LogP contribution in [-0.2, 0) is 4.79 Å². The van der Waals surface area contributed by atoms with Gasteiger partial charge in [0.25, 0.3) is 5.56 Å². The number of aromatic amines is 1. The molecule has 0 aliphatic heterocycles. The van der Waals surface area contributed by atoms with Gasteiger partial charge in [0.1, 0.15) is 11.1 Å². The van der Waals surface area contributed by atoms with Crippen molar-refractivity contribution < 1.29 is 9.53 Å². The molecular formula is C21H19N5O3S. The minimum absolute atomic E-state index is 0.0875. The molecule has 4 aromatic rings. The number of nitrogens with one attached hydrogen (secondary N) is 2. The first-order valence-corrected chi connectivity index (χ1v) is 10.1. The van der Waals surface area contributed by atoms with Crippen LogP contribution in [0.1, 0.15) is 5.56 Å². The Kier molecular flexibility index (Phi) is 5.53. The fraction of sp³-hybridized carbons (Fsp3) is 0.143. The highest BCUT2D eigenvalue weighted by Gasteiger charge is 2.13. The minimum Gasteiger partial charge on any atom is -0.497 e. The molecule has 0 saturated carbocycles. The zero-order valence-electron chi connectivity index (χ0n) is 16.4. The summed E-state index contributed by atoms with van der Waals surface area (Å²) >= 11 is 1.15. The standard InChI is InChI=1S/C21H19N5O3S/c1-13-5-3-7-15(9-13)26-19-17(11-22-26)20(28)25-21(24-19)30-12-18(27)23-14-6-4-8-16(10-14)29-2/h3-11H,12H2,1-2H3,(H,23,27)(H,24,25,28). The van der Waals surface area contributed by atoms with E-state index in [-0.39, 0.29) is 17.2 Å². The molecule has 0 aliphatic rings. The average molecular weight is 421 g/mol. The summed E-state index contributed by atoms with van der Waals surface area (Å²) in [6, 6.07) is 14.9. The highest BCUT2D eigenvalue weighted by Crippen LogP contribution is 2.20. The van der Waals surface area contributed by atoms with Gasteiger partial charge in [-0.2, -0.15) is 5.10 Å². The zero-order chi connectivity index (χ0) is 21.1. The number of carbonyl (C=O) groups excluding carboxylic acids is 1. The Hall–Kier alpha value is -3.59. The predicted octanol–water partition coefficient (Wildman–Crippen LogP) is 3.16. The molecule has 0 radical (unpaired) electrons. The Morgan fingerprint density at radius 1 is 1.23 bits per heavy atom. The molecule has 9 heteroatoms. The first-order chi connectivity index (χ1) is 14.5. The number of anilines is 1. The smallest absolute Gasteiger partial charge is 0.262 e. The van der Waals surface area contributed by atoms with Gasteiger partial charge in [0.2, 0.25) is 5.91 Å². The summed E-state index contributed by atoms with van der Waals surface area (Å²) in [5, 5.41) is 7.85. The molecule has 2 heterocycles. The number of hydrogen-bond acceptors (Lipinski definition) is 6. The monoisotopic (exact) mass is 421 g/mol. The first kappa shape index (κ1) is 19.7. The van der Waals surface area contributed by atoms with E-state index in [1.807, 2.05) is 31.2 Å². The van der Waals surface area contributed by atoms with Gasteiger partial charge in [-0.25, -0.2) is 9.67 Å². The number of hydrogen-bond donors (Lipinski definition) is 2. The Morgan fingerprint density at radius 3 is 2.87 bits per heavy atom. The second-order valence-corrected chi connectivity index (χ2v) is 7.54. The van der Waals surface area contributed by atoms with Crippen LogP contribution in [0.15, 0.2) is 64.7 Å². The summed E-state index contributed by atoms with van der Waals surface area (Å²) < 4.78 is 6.78. The molecule has 30 heavy (non-hydrogen) atoms. The third-order valence-corrected chi connectivity index (χ3v) is 5.23. The minimum atomic E-state index is -0.297. The van der Waals surface area contributed by atoms with Crippen LogP contribution >= 0.6 is 11.8 Å². The summed E-state index contributed by atoms with van der Waals surface area (Å²) in [6.45, 7) is 1.98. The predicted molar refractivity (Wildman–Crippen MR) is 117 cm³/mol. The maximum atomic E-state index is 12.4. The van der Waals surface area contributed by atoms with Crippen molar-refractivity contribution in [2.24, 2.45) is 0 Å². The van der Waals surface area contributed by atoms with Crippen LogP contribution in [0.2, 0.25) is 0 Å². The van der Waals surface area contributed by atoms with Crippen molar-refractivity contribution in [1.29, 1.82) is 0 Å². The molecule has 2 N–H and O–H groups in total. The molecule has 1 amide bonds. The average Bonchev–Trinajstić information content (AvgIpc) is 3.17. The van der Waals surface area contributed by atoms with Gasteiger partial charge in [0.05, 0.1) is 24.7 Å². The number of thioether (sulfide) groups is 1. The van der Waals surface area contributed by atoms with Gasteiger partial charge in [0.15, 0.2) is 10.8 Å². The number of rotatable bonds is 6. The van der Waals surface area contributed by atoms with Crippen molar-refractivity contribution in [3.8, 4) is 11.4 Å². The Balaban J connectivity index is 1.53. The molecule has 0 unspecified atom stereocenters. The number of methoxy groups -OCH3 is 1. The van der Waals surface area contributed by atoms with Crippen molar-refractivity contribution in [3.63, 3.8) is 0 Å². The summed E-state index contributed by atoms with van der Waals surface area (Å²) in [6.07, 6.45) is 1.49. The Morgan fingerprint density at radius 2 is 2.07 bits per heavy atom. The maximum Gasteiger partial charge on any atom is 0.262 e. The summed E-state index contributed by atoms with van der Waals surface area (Å²) in [7, 11) is 1.57.